The molecule has 29 heavy (non-hydrogen) atoms. The number of likely N-dealkylation sites (tertiary alicyclic amines) is 1. The first-order valence-corrected chi connectivity index (χ1v) is 10.7. The molecule has 0 unspecified atom stereocenters. The zero-order valence-electron chi connectivity index (χ0n) is 17.5. The fourth-order valence-corrected chi connectivity index (χ4v) is 4.39. The van der Waals surface area contributed by atoms with Crippen LogP contribution in [0, 0.1) is 6.92 Å². The van der Waals surface area contributed by atoms with E-state index >= 15 is 0 Å². The minimum Gasteiger partial charge on any atom is -0.393 e. The Labute approximate surface area is 173 Å². The van der Waals surface area contributed by atoms with Gasteiger partial charge in [0.05, 0.1) is 11.6 Å². The summed E-state index contributed by atoms with van der Waals surface area (Å²) >= 11 is 0. The molecular formula is C25H31N3O. The van der Waals surface area contributed by atoms with Crippen molar-refractivity contribution in [1.82, 2.24) is 9.88 Å². The predicted octanol–water partition coefficient (Wildman–Crippen LogP) is 4.67. The molecule has 1 fully saturated rings. The molecule has 0 saturated carbocycles. The molecule has 3 aromatic rings. The number of hydrogen-bond donors (Lipinski definition) is 2. The minimum atomic E-state index is -0.126. The van der Waals surface area contributed by atoms with E-state index in [1.165, 1.54) is 27.8 Å². The third kappa shape index (κ3) is 4.44. The Morgan fingerprint density at radius 2 is 1.72 bits per heavy atom. The van der Waals surface area contributed by atoms with Crippen LogP contribution in [0.2, 0.25) is 0 Å². The molecule has 0 amide bonds. The zero-order valence-corrected chi connectivity index (χ0v) is 17.5. The predicted molar refractivity (Wildman–Crippen MR) is 120 cm³/mol. The van der Waals surface area contributed by atoms with Crippen molar-refractivity contribution in [3.05, 3.63) is 70.9 Å². The third-order valence-corrected chi connectivity index (χ3v) is 6.08. The van der Waals surface area contributed by atoms with Gasteiger partial charge in [-0.1, -0.05) is 49.4 Å². The topological polar surface area (TPSA) is 48.4 Å². The molecule has 2 aromatic carbocycles. The summed E-state index contributed by atoms with van der Waals surface area (Å²) in [5, 5.41) is 14.7. The molecule has 0 spiro atoms. The summed E-state index contributed by atoms with van der Waals surface area (Å²) in [5.74, 6) is 0. The average molecular weight is 390 g/mol. The van der Waals surface area contributed by atoms with Crippen LogP contribution in [0.4, 0.5) is 5.69 Å². The first kappa shape index (κ1) is 19.9. The number of rotatable bonds is 6. The van der Waals surface area contributed by atoms with E-state index in [-0.39, 0.29) is 6.10 Å². The van der Waals surface area contributed by atoms with Crippen molar-refractivity contribution in [3.8, 4) is 0 Å². The van der Waals surface area contributed by atoms with Crippen molar-refractivity contribution in [2.75, 3.05) is 18.4 Å². The van der Waals surface area contributed by atoms with E-state index in [0.717, 1.165) is 56.7 Å². The summed E-state index contributed by atoms with van der Waals surface area (Å²) in [4.78, 5) is 7.25. The number of fused-ring (bicyclic) bond motifs is 1. The molecule has 4 nitrogen and oxygen atoms in total. The highest BCUT2D eigenvalue weighted by Crippen LogP contribution is 2.29. The molecule has 4 heteroatoms. The molecule has 0 radical (unpaired) electrons. The molecule has 4 rings (SSSR count). The minimum absolute atomic E-state index is 0.126. The van der Waals surface area contributed by atoms with Gasteiger partial charge < -0.3 is 10.4 Å². The largest absolute Gasteiger partial charge is 0.393 e. The summed E-state index contributed by atoms with van der Waals surface area (Å²) in [6.45, 7) is 7.99. The Kier molecular flexibility index (Phi) is 6.12. The highest BCUT2D eigenvalue weighted by Gasteiger charge is 2.18. The quantitative estimate of drug-likeness (QED) is 0.643. The van der Waals surface area contributed by atoms with Gasteiger partial charge in [0.15, 0.2) is 0 Å². The van der Waals surface area contributed by atoms with Gasteiger partial charge in [0, 0.05) is 42.9 Å². The molecule has 2 N–H and O–H groups in total. The van der Waals surface area contributed by atoms with Crippen LogP contribution < -0.4 is 5.32 Å². The number of aliphatic hydroxyl groups excluding tert-OH is 1. The Morgan fingerprint density at radius 1 is 1.03 bits per heavy atom. The van der Waals surface area contributed by atoms with Gasteiger partial charge in [0.2, 0.25) is 0 Å². The number of benzene rings is 2. The maximum absolute atomic E-state index is 9.77. The fourth-order valence-electron chi connectivity index (χ4n) is 4.39. The van der Waals surface area contributed by atoms with Crippen molar-refractivity contribution in [2.24, 2.45) is 0 Å². The highest BCUT2D eigenvalue weighted by molar-refractivity contribution is 5.93. The van der Waals surface area contributed by atoms with Gasteiger partial charge in [-0.25, -0.2) is 0 Å². The van der Waals surface area contributed by atoms with Crippen molar-refractivity contribution >= 4 is 16.6 Å². The Balaban J connectivity index is 1.57. The van der Waals surface area contributed by atoms with E-state index in [1.807, 2.05) is 0 Å². The molecule has 1 aromatic heterocycles. The Bertz CT molecular complexity index is 977. The number of nitrogens with one attached hydrogen (secondary N) is 1. The molecular weight excluding hydrogens is 358 g/mol. The van der Waals surface area contributed by atoms with Crippen LogP contribution in [0.15, 0.2) is 48.5 Å². The van der Waals surface area contributed by atoms with E-state index in [4.69, 9.17) is 4.98 Å². The van der Waals surface area contributed by atoms with E-state index < -0.39 is 0 Å². The molecule has 0 bridgehead atoms. The standard InChI is InChI=1S/C25H31N3O/c1-3-22-18(2)27-24-11-7-6-10-23(24)25(22)26-16-19-8-4-5-9-20(19)17-28-14-12-21(29)13-15-28/h4-11,21,29H,3,12-17H2,1-2H3,(H,26,27). The van der Waals surface area contributed by atoms with Gasteiger partial charge in [0.1, 0.15) is 0 Å². The number of para-hydroxylation sites is 1. The maximum Gasteiger partial charge on any atom is 0.0726 e. The monoisotopic (exact) mass is 389 g/mol. The normalized spacial score (nSPS) is 15.7. The second kappa shape index (κ2) is 8.93. The van der Waals surface area contributed by atoms with Gasteiger partial charge in [-0.3, -0.25) is 9.88 Å². The SMILES string of the molecule is CCc1c(C)nc2ccccc2c1NCc1ccccc1CN1CCC(O)CC1. The number of anilines is 1. The summed E-state index contributed by atoms with van der Waals surface area (Å²) in [7, 11) is 0. The van der Waals surface area contributed by atoms with Crippen LogP contribution in [-0.4, -0.2) is 34.2 Å². The lowest BCUT2D eigenvalue weighted by atomic mass is 10.0. The van der Waals surface area contributed by atoms with Gasteiger partial charge in [-0.05, 0) is 48.9 Å². The number of aryl methyl sites for hydroxylation is 1. The number of nitrogens with zero attached hydrogens (tertiary/aromatic N) is 2. The molecule has 1 aliphatic heterocycles. The van der Waals surface area contributed by atoms with E-state index in [2.05, 4.69) is 72.6 Å². The fraction of sp³-hybridized carbons (Fsp3) is 0.400. The second-order valence-electron chi connectivity index (χ2n) is 8.05. The molecule has 0 aliphatic carbocycles. The first-order valence-electron chi connectivity index (χ1n) is 10.7. The second-order valence-corrected chi connectivity index (χ2v) is 8.05. The van der Waals surface area contributed by atoms with Crippen molar-refractivity contribution in [2.45, 2.75) is 52.3 Å². The number of pyridine rings is 1. The van der Waals surface area contributed by atoms with Gasteiger partial charge in [-0.15, -0.1) is 0 Å². The maximum atomic E-state index is 9.77. The van der Waals surface area contributed by atoms with E-state index in [9.17, 15) is 5.11 Å². The van der Waals surface area contributed by atoms with E-state index in [1.54, 1.807) is 0 Å². The van der Waals surface area contributed by atoms with Crippen LogP contribution in [0.25, 0.3) is 10.9 Å². The number of aromatic nitrogens is 1. The van der Waals surface area contributed by atoms with Crippen LogP contribution in [0.5, 0.6) is 0 Å². The Morgan fingerprint density at radius 3 is 2.48 bits per heavy atom. The number of piperidine rings is 1. The molecule has 1 saturated heterocycles. The van der Waals surface area contributed by atoms with Crippen molar-refractivity contribution < 1.29 is 5.11 Å². The summed E-state index contributed by atoms with van der Waals surface area (Å²) in [6.07, 6.45) is 2.59. The van der Waals surface area contributed by atoms with Gasteiger partial charge in [0.25, 0.3) is 0 Å². The highest BCUT2D eigenvalue weighted by atomic mass is 16.3. The number of aliphatic hydroxyl groups is 1. The van der Waals surface area contributed by atoms with Crippen molar-refractivity contribution in [1.29, 1.82) is 0 Å². The zero-order chi connectivity index (χ0) is 20.2. The lowest BCUT2D eigenvalue weighted by molar-refractivity contribution is 0.0791. The van der Waals surface area contributed by atoms with Crippen LogP contribution >= 0.6 is 0 Å². The molecule has 2 heterocycles. The average Bonchev–Trinajstić information content (AvgIpc) is 2.74. The third-order valence-electron chi connectivity index (χ3n) is 6.08. The molecule has 152 valence electrons. The van der Waals surface area contributed by atoms with Gasteiger partial charge >= 0.3 is 0 Å². The molecule has 1 aliphatic rings. The summed E-state index contributed by atoms with van der Waals surface area (Å²) in [5.41, 5.74) is 7.36. The van der Waals surface area contributed by atoms with Crippen LogP contribution in [-0.2, 0) is 19.5 Å². The lowest BCUT2D eigenvalue weighted by Crippen LogP contribution is -2.35. The first-order chi connectivity index (χ1) is 14.2. The summed E-state index contributed by atoms with van der Waals surface area (Å²) in [6, 6.07) is 17.1. The van der Waals surface area contributed by atoms with E-state index in [0.29, 0.717) is 0 Å². The van der Waals surface area contributed by atoms with Crippen molar-refractivity contribution in [3.63, 3.8) is 0 Å². The smallest absolute Gasteiger partial charge is 0.0726 e. The summed E-state index contributed by atoms with van der Waals surface area (Å²) < 4.78 is 0. The Hall–Kier alpha value is -2.43. The molecule has 0 atom stereocenters. The van der Waals surface area contributed by atoms with Gasteiger partial charge in [-0.2, -0.15) is 0 Å². The van der Waals surface area contributed by atoms with Crippen LogP contribution in [0.1, 0.15) is 42.1 Å². The lowest BCUT2D eigenvalue weighted by Gasteiger charge is -2.30. The number of hydrogen-bond acceptors (Lipinski definition) is 4. The van der Waals surface area contributed by atoms with Crippen LogP contribution in [0.3, 0.4) is 0 Å².